The van der Waals surface area contributed by atoms with Crippen LogP contribution in [0.25, 0.3) is 0 Å². The largest absolute Gasteiger partial charge is 0.480 e. The molecule has 1 heterocycles. The minimum atomic E-state index is -1.11. The van der Waals surface area contributed by atoms with Gasteiger partial charge in [-0.1, -0.05) is 0 Å². The summed E-state index contributed by atoms with van der Waals surface area (Å²) in [7, 11) is 0. The van der Waals surface area contributed by atoms with Crippen LogP contribution in [0.2, 0.25) is 0 Å². The summed E-state index contributed by atoms with van der Waals surface area (Å²) < 4.78 is 0. The van der Waals surface area contributed by atoms with E-state index in [-0.39, 0.29) is 38.5 Å². The molecule has 0 atom stereocenters. The summed E-state index contributed by atoms with van der Waals surface area (Å²) in [6, 6.07) is 0. The molecule has 0 saturated carbocycles. The number of hydrogen-bond donors (Lipinski definition) is 3. The Balaban J connectivity index is 3.12. The second kappa shape index (κ2) is 8.88. The number of rotatable bonds is 9. The molecule has 0 radical (unpaired) electrons. The molecule has 1 saturated heterocycles. The zero-order valence-electron chi connectivity index (χ0n) is 14.5. The van der Waals surface area contributed by atoms with Crippen LogP contribution in [0.1, 0.15) is 13.8 Å². The Labute approximate surface area is 145 Å². The third-order valence-electron chi connectivity index (χ3n) is 4.08. The fourth-order valence-electron chi connectivity index (χ4n) is 3.18. The Morgan fingerprint density at radius 3 is 1.64 bits per heavy atom. The summed E-state index contributed by atoms with van der Waals surface area (Å²) >= 11 is 0. The van der Waals surface area contributed by atoms with Crippen LogP contribution in [0.4, 0.5) is 0 Å². The molecular formula is C15H25N3O7. The van der Waals surface area contributed by atoms with E-state index in [4.69, 9.17) is 15.3 Å². The van der Waals surface area contributed by atoms with Crippen molar-refractivity contribution >= 4 is 23.7 Å². The van der Waals surface area contributed by atoms with Gasteiger partial charge in [0.25, 0.3) is 0 Å². The van der Waals surface area contributed by atoms with E-state index in [1.165, 1.54) is 11.8 Å². The zero-order chi connectivity index (χ0) is 19.2. The molecule has 25 heavy (non-hydrogen) atoms. The van der Waals surface area contributed by atoms with Gasteiger partial charge in [0.05, 0.1) is 26.2 Å². The second-order valence-corrected chi connectivity index (χ2v) is 6.66. The minimum absolute atomic E-state index is 0.107. The molecule has 0 spiro atoms. The van der Waals surface area contributed by atoms with Gasteiger partial charge in [0, 0.05) is 31.7 Å². The van der Waals surface area contributed by atoms with Gasteiger partial charge in [-0.2, -0.15) is 0 Å². The first-order valence-electron chi connectivity index (χ1n) is 7.86. The van der Waals surface area contributed by atoms with E-state index in [1.54, 1.807) is 16.7 Å². The molecule has 1 aliphatic heterocycles. The molecule has 0 amide bonds. The van der Waals surface area contributed by atoms with Gasteiger partial charge in [0.2, 0.25) is 0 Å². The van der Waals surface area contributed by atoms with Crippen molar-refractivity contribution in [2.45, 2.75) is 19.4 Å². The van der Waals surface area contributed by atoms with Gasteiger partial charge in [-0.05, 0) is 13.8 Å². The Hall–Kier alpha value is -2.04. The van der Waals surface area contributed by atoms with E-state index in [1.807, 2.05) is 0 Å². The average molecular weight is 359 g/mol. The van der Waals surface area contributed by atoms with E-state index < -0.39 is 30.0 Å². The molecule has 1 fully saturated rings. The number of carbonyl (C=O) groups is 4. The maximum Gasteiger partial charge on any atom is 0.317 e. The lowest BCUT2D eigenvalue weighted by atomic mass is 9.97. The van der Waals surface area contributed by atoms with Gasteiger partial charge in [0.15, 0.2) is 0 Å². The third-order valence-corrected chi connectivity index (χ3v) is 4.08. The fraction of sp³-hybridized carbons (Fsp3) is 0.733. The first-order valence-corrected chi connectivity index (χ1v) is 7.86. The number of Topliss-reactive ketones (excluding diaryl/α,β-unsaturated/α-hetero) is 1. The monoisotopic (exact) mass is 359 g/mol. The van der Waals surface area contributed by atoms with Crippen LogP contribution >= 0.6 is 0 Å². The summed E-state index contributed by atoms with van der Waals surface area (Å²) in [5.74, 6) is -3.38. The maximum absolute atomic E-state index is 11.6. The van der Waals surface area contributed by atoms with Crippen molar-refractivity contribution in [3.05, 3.63) is 0 Å². The summed E-state index contributed by atoms with van der Waals surface area (Å²) in [5.41, 5.74) is -0.883. The maximum atomic E-state index is 11.6. The molecule has 0 aliphatic carbocycles. The Morgan fingerprint density at radius 2 is 1.32 bits per heavy atom. The van der Waals surface area contributed by atoms with Crippen LogP contribution in [0, 0.1) is 0 Å². The van der Waals surface area contributed by atoms with Gasteiger partial charge in [-0.15, -0.1) is 0 Å². The summed E-state index contributed by atoms with van der Waals surface area (Å²) in [4.78, 5) is 49.7. The minimum Gasteiger partial charge on any atom is -0.480 e. The quantitative estimate of drug-likeness (QED) is 0.446. The molecule has 0 aromatic carbocycles. The number of carbonyl (C=O) groups excluding carboxylic acids is 1. The smallest absolute Gasteiger partial charge is 0.317 e. The van der Waals surface area contributed by atoms with Crippen LogP contribution < -0.4 is 0 Å². The highest BCUT2D eigenvalue weighted by Crippen LogP contribution is 2.22. The standard InChI is InChI=1S/C15H25N3O7/c1-11(19)5-18(8-14(24)25)15(2)9-16(6-12(20)21)3-4-17(10-15)7-13(22)23/h3-10H2,1-2H3,(H,20,21)(H,22,23)(H,24,25). The summed E-state index contributed by atoms with van der Waals surface area (Å²) in [6.45, 7) is 3.22. The Kier molecular flexibility index (Phi) is 7.46. The van der Waals surface area contributed by atoms with Gasteiger partial charge < -0.3 is 15.3 Å². The normalized spacial score (nSPS) is 18.7. The first-order chi connectivity index (χ1) is 11.5. The van der Waals surface area contributed by atoms with Crippen LogP contribution in [0.3, 0.4) is 0 Å². The van der Waals surface area contributed by atoms with Crippen molar-refractivity contribution in [2.75, 3.05) is 52.4 Å². The molecule has 0 aromatic heterocycles. The molecule has 1 rings (SSSR count). The van der Waals surface area contributed by atoms with Crippen LogP contribution in [0.5, 0.6) is 0 Å². The lowest BCUT2D eigenvalue weighted by molar-refractivity contribution is -0.143. The van der Waals surface area contributed by atoms with Crippen molar-refractivity contribution in [3.63, 3.8) is 0 Å². The summed E-state index contributed by atoms with van der Waals surface area (Å²) in [6.07, 6.45) is 0. The molecule has 10 heteroatoms. The lowest BCUT2D eigenvalue weighted by Gasteiger charge is -2.42. The molecule has 142 valence electrons. The van der Waals surface area contributed by atoms with E-state index in [2.05, 4.69) is 0 Å². The van der Waals surface area contributed by atoms with Crippen LogP contribution in [-0.4, -0.2) is 112 Å². The van der Waals surface area contributed by atoms with Crippen molar-refractivity contribution < 1.29 is 34.5 Å². The predicted molar refractivity (Wildman–Crippen MR) is 86.4 cm³/mol. The molecule has 1 aliphatic rings. The van der Waals surface area contributed by atoms with Gasteiger partial charge >= 0.3 is 17.9 Å². The lowest BCUT2D eigenvalue weighted by Crippen LogP contribution is -2.60. The van der Waals surface area contributed by atoms with E-state index in [9.17, 15) is 19.2 Å². The van der Waals surface area contributed by atoms with Gasteiger partial charge in [-0.3, -0.25) is 33.9 Å². The Bertz CT molecular complexity index is 495. The fourth-order valence-corrected chi connectivity index (χ4v) is 3.18. The number of nitrogens with zero attached hydrogens (tertiary/aromatic N) is 3. The highest BCUT2D eigenvalue weighted by molar-refractivity contribution is 5.79. The molecule has 10 nitrogen and oxygen atoms in total. The van der Waals surface area contributed by atoms with Gasteiger partial charge in [-0.25, -0.2) is 0 Å². The molecule has 0 bridgehead atoms. The van der Waals surface area contributed by atoms with Gasteiger partial charge in [0.1, 0.15) is 5.78 Å². The number of aliphatic carboxylic acids is 3. The van der Waals surface area contributed by atoms with Crippen molar-refractivity contribution in [3.8, 4) is 0 Å². The first kappa shape index (κ1) is 21.0. The molecule has 0 unspecified atom stereocenters. The third kappa shape index (κ3) is 7.16. The highest BCUT2D eigenvalue weighted by Gasteiger charge is 2.39. The zero-order valence-corrected chi connectivity index (χ0v) is 14.5. The number of hydrogen-bond acceptors (Lipinski definition) is 7. The number of carboxylic acids is 3. The predicted octanol–water partition coefficient (Wildman–Crippen LogP) is -1.49. The van der Waals surface area contributed by atoms with E-state index in [0.29, 0.717) is 13.1 Å². The van der Waals surface area contributed by atoms with Crippen LogP contribution in [0.15, 0.2) is 0 Å². The van der Waals surface area contributed by atoms with E-state index >= 15 is 0 Å². The Morgan fingerprint density at radius 1 is 0.880 bits per heavy atom. The van der Waals surface area contributed by atoms with Crippen LogP contribution in [-0.2, 0) is 19.2 Å². The number of ketones is 1. The van der Waals surface area contributed by atoms with E-state index in [0.717, 1.165) is 0 Å². The summed E-state index contributed by atoms with van der Waals surface area (Å²) in [5, 5.41) is 27.3. The molecular weight excluding hydrogens is 334 g/mol. The second-order valence-electron chi connectivity index (χ2n) is 6.66. The molecule has 3 N–H and O–H groups in total. The average Bonchev–Trinajstić information content (AvgIpc) is 2.55. The van der Waals surface area contributed by atoms with Crippen molar-refractivity contribution in [1.29, 1.82) is 0 Å². The topological polar surface area (TPSA) is 139 Å². The van der Waals surface area contributed by atoms with Crippen molar-refractivity contribution in [1.82, 2.24) is 14.7 Å². The molecule has 0 aromatic rings. The number of carboxylic acid groups (broad SMARTS) is 3. The van der Waals surface area contributed by atoms with Crippen molar-refractivity contribution in [2.24, 2.45) is 0 Å². The highest BCUT2D eigenvalue weighted by atomic mass is 16.4. The SMILES string of the molecule is CC(=O)CN(CC(=O)O)C1(C)CN(CC(=O)O)CCN(CC(=O)O)C1.